The Hall–Kier alpha value is -2.65. The molecule has 1 atom stereocenters. The maximum atomic E-state index is 14.5. The summed E-state index contributed by atoms with van der Waals surface area (Å²) in [5.41, 5.74) is 4.87. The van der Waals surface area contributed by atoms with Gasteiger partial charge in [-0.25, -0.2) is 22.2 Å². The van der Waals surface area contributed by atoms with E-state index in [2.05, 4.69) is 4.98 Å². The predicted molar refractivity (Wildman–Crippen MR) is 100 cm³/mol. The molecular weight excluding hydrogens is 388 g/mol. The number of hydrogen-bond acceptors (Lipinski definition) is 5. The molecule has 28 heavy (non-hydrogen) atoms. The number of aromatic nitrogens is 2. The van der Waals surface area contributed by atoms with Crippen molar-refractivity contribution in [1.82, 2.24) is 9.55 Å². The zero-order valence-electron chi connectivity index (χ0n) is 14.9. The summed E-state index contributed by atoms with van der Waals surface area (Å²) in [7, 11) is -3.78. The Kier molecular flexibility index (Phi) is 4.31. The van der Waals surface area contributed by atoms with Gasteiger partial charge in [-0.1, -0.05) is 12.1 Å². The molecule has 1 fully saturated rings. The van der Waals surface area contributed by atoms with Gasteiger partial charge >= 0.3 is 0 Å². The number of nitrogens with two attached hydrogens (primary N) is 1. The summed E-state index contributed by atoms with van der Waals surface area (Å²) in [6, 6.07) is 6.72. The molecule has 0 radical (unpaired) electrons. The largest absolute Gasteiger partial charge is 0.321 e. The molecule has 0 saturated heterocycles. The van der Waals surface area contributed by atoms with Crippen LogP contribution in [0.4, 0.5) is 8.78 Å². The second-order valence-electron chi connectivity index (χ2n) is 6.97. The molecule has 3 aromatic rings. The average molecular weight is 405 g/mol. The van der Waals surface area contributed by atoms with Crippen LogP contribution in [0, 0.1) is 17.6 Å². The average Bonchev–Trinajstić information content (AvgIpc) is 3.46. The van der Waals surface area contributed by atoms with Crippen LogP contribution in [0.1, 0.15) is 24.7 Å². The first-order chi connectivity index (χ1) is 13.2. The van der Waals surface area contributed by atoms with Crippen LogP contribution in [0.2, 0.25) is 0 Å². The molecule has 1 unspecified atom stereocenters. The van der Waals surface area contributed by atoms with Gasteiger partial charge in [0.2, 0.25) is 0 Å². The van der Waals surface area contributed by atoms with E-state index < -0.39 is 38.8 Å². The van der Waals surface area contributed by atoms with Crippen molar-refractivity contribution in [2.45, 2.75) is 23.8 Å². The third-order valence-electron chi connectivity index (χ3n) is 4.87. The summed E-state index contributed by atoms with van der Waals surface area (Å²) in [5, 5.41) is -0.223. The normalized spacial score (nSPS) is 15.7. The lowest BCUT2D eigenvalue weighted by Crippen LogP contribution is -2.31. The van der Waals surface area contributed by atoms with Crippen LogP contribution in [0.15, 0.2) is 46.1 Å². The molecule has 1 aliphatic carbocycles. The van der Waals surface area contributed by atoms with Crippen molar-refractivity contribution in [3.63, 3.8) is 0 Å². The lowest BCUT2D eigenvalue weighted by atomic mass is 10.1. The Morgan fingerprint density at radius 2 is 1.75 bits per heavy atom. The molecule has 0 bridgehead atoms. The first-order valence-corrected chi connectivity index (χ1v) is 10.5. The lowest BCUT2D eigenvalue weighted by Gasteiger charge is -2.19. The van der Waals surface area contributed by atoms with E-state index in [9.17, 15) is 22.0 Å². The SMILES string of the molecule is CS(=O)(=O)c1cccc2nc(C(N)C3CC3)n(-c3c(F)cccc3F)c(=O)c12. The number of rotatable bonds is 4. The summed E-state index contributed by atoms with van der Waals surface area (Å²) >= 11 is 0. The summed E-state index contributed by atoms with van der Waals surface area (Å²) in [6.45, 7) is 0. The van der Waals surface area contributed by atoms with Crippen molar-refractivity contribution in [2.24, 2.45) is 11.7 Å². The van der Waals surface area contributed by atoms with Crippen molar-refractivity contribution in [2.75, 3.05) is 6.26 Å². The first kappa shape index (κ1) is 18.7. The quantitative estimate of drug-likeness (QED) is 0.720. The van der Waals surface area contributed by atoms with Crippen LogP contribution in [-0.2, 0) is 9.84 Å². The maximum Gasteiger partial charge on any atom is 0.267 e. The highest BCUT2D eigenvalue weighted by Crippen LogP contribution is 2.39. The molecule has 2 aromatic carbocycles. The third kappa shape index (κ3) is 3.00. The minimum Gasteiger partial charge on any atom is -0.321 e. The number of fused-ring (bicyclic) bond motifs is 1. The fraction of sp³-hybridized carbons (Fsp3) is 0.263. The molecule has 6 nitrogen and oxygen atoms in total. The van der Waals surface area contributed by atoms with Crippen molar-refractivity contribution in [3.8, 4) is 5.69 Å². The molecular formula is C19H17F2N3O3S. The highest BCUT2D eigenvalue weighted by molar-refractivity contribution is 7.91. The van der Waals surface area contributed by atoms with Gasteiger partial charge in [0.1, 0.15) is 23.1 Å². The minimum atomic E-state index is -3.78. The van der Waals surface area contributed by atoms with Gasteiger partial charge in [0.25, 0.3) is 5.56 Å². The highest BCUT2D eigenvalue weighted by atomic mass is 32.2. The monoisotopic (exact) mass is 405 g/mol. The summed E-state index contributed by atoms with van der Waals surface area (Å²) in [6.07, 6.45) is 2.59. The topological polar surface area (TPSA) is 95.0 Å². The molecule has 1 saturated carbocycles. The van der Waals surface area contributed by atoms with Crippen LogP contribution in [0.25, 0.3) is 16.6 Å². The van der Waals surface area contributed by atoms with Crippen LogP contribution in [-0.4, -0.2) is 24.2 Å². The van der Waals surface area contributed by atoms with E-state index in [4.69, 9.17) is 5.73 Å². The van der Waals surface area contributed by atoms with Crippen LogP contribution >= 0.6 is 0 Å². The van der Waals surface area contributed by atoms with Gasteiger partial charge in [-0.2, -0.15) is 0 Å². The van der Waals surface area contributed by atoms with Crippen molar-refractivity contribution < 1.29 is 17.2 Å². The Morgan fingerprint density at radius 3 is 2.32 bits per heavy atom. The zero-order chi connectivity index (χ0) is 20.2. The summed E-state index contributed by atoms with van der Waals surface area (Å²) < 4.78 is 54.2. The summed E-state index contributed by atoms with van der Waals surface area (Å²) in [4.78, 5) is 17.5. The molecule has 1 heterocycles. The van der Waals surface area contributed by atoms with Crippen LogP contribution < -0.4 is 11.3 Å². The highest BCUT2D eigenvalue weighted by Gasteiger charge is 2.34. The molecule has 1 aromatic heterocycles. The number of hydrogen-bond donors (Lipinski definition) is 1. The lowest BCUT2D eigenvalue weighted by molar-refractivity contribution is 0.534. The van der Waals surface area contributed by atoms with Gasteiger partial charge in [-0.15, -0.1) is 0 Å². The van der Waals surface area contributed by atoms with E-state index in [1.54, 1.807) is 0 Å². The summed E-state index contributed by atoms with van der Waals surface area (Å²) in [5.74, 6) is -1.88. The second kappa shape index (κ2) is 6.46. The number of nitrogens with zero attached hydrogens (tertiary/aromatic N) is 2. The van der Waals surface area contributed by atoms with Gasteiger partial charge in [0, 0.05) is 6.26 Å². The standard InChI is InChI=1S/C19H17F2N3O3S/c1-28(26,27)14-7-3-6-13-15(14)19(25)24(17-11(20)4-2-5-12(17)21)18(23-13)16(22)10-8-9-10/h2-7,10,16H,8-9,22H2,1H3. The molecule has 0 amide bonds. The number of halogens is 2. The molecule has 4 rings (SSSR count). The number of para-hydroxylation sites is 1. The fourth-order valence-corrected chi connectivity index (χ4v) is 4.22. The Bertz CT molecular complexity index is 1250. The van der Waals surface area contributed by atoms with E-state index in [1.807, 2.05) is 0 Å². The number of benzene rings is 2. The van der Waals surface area contributed by atoms with Crippen LogP contribution in [0.5, 0.6) is 0 Å². The van der Waals surface area contributed by atoms with E-state index in [-0.39, 0.29) is 27.5 Å². The smallest absolute Gasteiger partial charge is 0.267 e. The van der Waals surface area contributed by atoms with Crippen LogP contribution in [0.3, 0.4) is 0 Å². The van der Waals surface area contributed by atoms with E-state index in [1.165, 1.54) is 24.3 Å². The van der Waals surface area contributed by atoms with E-state index in [0.29, 0.717) is 0 Å². The second-order valence-corrected chi connectivity index (χ2v) is 8.95. The molecule has 2 N–H and O–H groups in total. The van der Waals surface area contributed by atoms with Crippen molar-refractivity contribution in [3.05, 3.63) is 64.2 Å². The first-order valence-electron chi connectivity index (χ1n) is 8.66. The van der Waals surface area contributed by atoms with Gasteiger partial charge < -0.3 is 5.73 Å². The molecule has 146 valence electrons. The van der Waals surface area contributed by atoms with Crippen molar-refractivity contribution in [1.29, 1.82) is 0 Å². The fourth-order valence-electron chi connectivity index (χ4n) is 3.33. The predicted octanol–water partition coefficient (Wildman–Crippen LogP) is 2.48. The number of sulfone groups is 1. The van der Waals surface area contributed by atoms with Crippen molar-refractivity contribution >= 4 is 20.7 Å². The Balaban J connectivity index is 2.19. The Labute approximate surface area is 159 Å². The Morgan fingerprint density at radius 1 is 1.14 bits per heavy atom. The van der Waals surface area contributed by atoms with E-state index in [0.717, 1.165) is 35.8 Å². The molecule has 0 spiro atoms. The van der Waals surface area contributed by atoms with Gasteiger partial charge in [-0.3, -0.25) is 9.36 Å². The zero-order valence-corrected chi connectivity index (χ0v) is 15.7. The third-order valence-corrected chi connectivity index (χ3v) is 6.01. The molecule has 9 heteroatoms. The molecule has 1 aliphatic rings. The van der Waals surface area contributed by atoms with E-state index >= 15 is 0 Å². The van der Waals surface area contributed by atoms with Gasteiger partial charge in [0.05, 0.1) is 21.8 Å². The van der Waals surface area contributed by atoms with Gasteiger partial charge in [0.15, 0.2) is 9.84 Å². The maximum absolute atomic E-state index is 14.5. The minimum absolute atomic E-state index is 0.00894. The molecule has 0 aliphatic heterocycles. The van der Waals surface area contributed by atoms with Gasteiger partial charge in [-0.05, 0) is 43.0 Å².